The summed E-state index contributed by atoms with van der Waals surface area (Å²) in [5.74, 6) is 1.51. The maximum atomic E-state index is 12.7. The van der Waals surface area contributed by atoms with Crippen LogP contribution in [0.3, 0.4) is 0 Å². The summed E-state index contributed by atoms with van der Waals surface area (Å²) in [6.45, 7) is 5.04. The number of aryl methyl sites for hydroxylation is 3. The van der Waals surface area contributed by atoms with E-state index in [4.69, 9.17) is 4.98 Å². The number of nitrogens with zero attached hydrogens (tertiary/aromatic N) is 5. The van der Waals surface area contributed by atoms with E-state index in [0.29, 0.717) is 11.8 Å². The normalized spacial score (nSPS) is 20.1. The molecule has 5 rings (SSSR count). The molecule has 0 N–H and O–H groups in total. The van der Waals surface area contributed by atoms with Gasteiger partial charge in [-0.1, -0.05) is 11.8 Å². The smallest absolute Gasteiger partial charge is 0.233 e. The molecule has 1 unspecified atom stereocenters. The van der Waals surface area contributed by atoms with E-state index >= 15 is 0 Å². The Balaban J connectivity index is 1.46. The van der Waals surface area contributed by atoms with Gasteiger partial charge in [0.25, 0.3) is 0 Å². The van der Waals surface area contributed by atoms with E-state index < -0.39 is 0 Å². The molecule has 1 aliphatic heterocycles. The lowest BCUT2D eigenvalue weighted by molar-refractivity contribution is -0.131. The van der Waals surface area contributed by atoms with Crippen molar-refractivity contribution in [1.29, 1.82) is 0 Å². The van der Waals surface area contributed by atoms with Gasteiger partial charge < -0.3 is 4.90 Å². The van der Waals surface area contributed by atoms with E-state index in [-0.39, 0.29) is 5.91 Å². The number of rotatable bonds is 3. The summed E-state index contributed by atoms with van der Waals surface area (Å²) < 4.78 is 2.04. The standard InChI is InChI=1S/C20H25N5OS2/c1-12-7-5-6-10-24(12)16(26)11-27-20-23-22-18-17-14-8-3-4-9-15(14)28-19(17)21-13(2)25(18)20/h12H,3-11H2,1-2H3. The molecule has 1 saturated heterocycles. The van der Waals surface area contributed by atoms with Crippen molar-refractivity contribution in [2.75, 3.05) is 12.3 Å². The molecule has 3 aromatic heterocycles. The molecule has 4 heterocycles. The number of likely N-dealkylation sites (tertiary alicyclic amines) is 1. The quantitative estimate of drug-likeness (QED) is 0.605. The Morgan fingerprint density at radius 3 is 2.93 bits per heavy atom. The highest BCUT2D eigenvalue weighted by molar-refractivity contribution is 7.99. The molecule has 8 heteroatoms. The van der Waals surface area contributed by atoms with Crippen molar-refractivity contribution in [3.05, 3.63) is 16.3 Å². The number of aromatic nitrogens is 4. The minimum atomic E-state index is 0.202. The van der Waals surface area contributed by atoms with Gasteiger partial charge in [-0.3, -0.25) is 9.20 Å². The Morgan fingerprint density at radius 2 is 2.07 bits per heavy atom. The van der Waals surface area contributed by atoms with E-state index in [1.54, 1.807) is 0 Å². The van der Waals surface area contributed by atoms with Crippen molar-refractivity contribution in [3.63, 3.8) is 0 Å². The maximum Gasteiger partial charge on any atom is 0.233 e. The number of thioether (sulfide) groups is 1. The van der Waals surface area contributed by atoms with Crippen LogP contribution in [0, 0.1) is 6.92 Å². The van der Waals surface area contributed by atoms with Crippen LogP contribution >= 0.6 is 23.1 Å². The number of piperidine rings is 1. The van der Waals surface area contributed by atoms with Crippen LogP contribution in [-0.4, -0.2) is 48.7 Å². The fourth-order valence-corrected chi connectivity index (χ4v) is 6.72. The number of hydrogen-bond acceptors (Lipinski definition) is 6. The first kappa shape index (κ1) is 18.4. The minimum Gasteiger partial charge on any atom is -0.339 e. The summed E-state index contributed by atoms with van der Waals surface area (Å²) in [5.41, 5.74) is 2.33. The number of carbonyl (C=O) groups is 1. The van der Waals surface area contributed by atoms with Crippen molar-refractivity contribution < 1.29 is 4.79 Å². The lowest BCUT2D eigenvalue weighted by Gasteiger charge is -2.33. The summed E-state index contributed by atoms with van der Waals surface area (Å²) in [6.07, 6.45) is 8.19. The first-order valence-corrected chi connectivity index (χ1v) is 12.0. The molecule has 6 nitrogen and oxygen atoms in total. The molecule has 0 saturated carbocycles. The van der Waals surface area contributed by atoms with Crippen LogP contribution in [0.4, 0.5) is 0 Å². The van der Waals surface area contributed by atoms with Crippen LogP contribution in [-0.2, 0) is 17.6 Å². The predicted molar refractivity (Wildman–Crippen MR) is 113 cm³/mol. The van der Waals surface area contributed by atoms with E-state index in [1.807, 2.05) is 27.6 Å². The lowest BCUT2D eigenvalue weighted by Crippen LogP contribution is -2.42. The molecule has 0 radical (unpaired) electrons. The molecular formula is C20H25N5OS2. The van der Waals surface area contributed by atoms with Crippen molar-refractivity contribution in [2.24, 2.45) is 0 Å². The first-order chi connectivity index (χ1) is 13.6. The van der Waals surface area contributed by atoms with Crippen LogP contribution in [0.25, 0.3) is 15.9 Å². The Labute approximate surface area is 172 Å². The molecule has 2 aliphatic rings. The number of fused-ring (bicyclic) bond motifs is 5. The van der Waals surface area contributed by atoms with E-state index in [0.717, 1.165) is 53.7 Å². The zero-order valence-electron chi connectivity index (χ0n) is 16.4. The third kappa shape index (κ3) is 3.01. The highest BCUT2D eigenvalue weighted by Gasteiger charge is 2.25. The number of hydrogen-bond donors (Lipinski definition) is 0. The summed E-state index contributed by atoms with van der Waals surface area (Å²) in [4.78, 5) is 22.2. The monoisotopic (exact) mass is 415 g/mol. The average molecular weight is 416 g/mol. The molecule has 1 aliphatic carbocycles. The predicted octanol–water partition coefficient (Wildman–Crippen LogP) is 4.02. The van der Waals surface area contributed by atoms with Gasteiger partial charge in [0.2, 0.25) is 5.91 Å². The van der Waals surface area contributed by atoms with Gasteiger partial charge in [0.15, 0.2) is 10.8 Å². The van der Waals surface area contributed by atoms with Gasteiger partial charge in [-0.05, 0) is 64.4 Å². The molecular weight excluding hydrogens is 390 g/mol. The second-order valence-electron chi connectivity index (χ2n) is 7.91. The summed E-state index contributed by atoms with van der Waals surface area (Å²) in [6, 6.07) is 0.345. The SMILES string of the molecule is Cc1nc2sc3c(c2c2nnc(SCC(=O)N4CCCCC4C)n12)CCCC3. The van der Waals surface area contributed by atoms with Gasteiger partial charge in [0, 0.05) is 17.5 Å². The fourth-order valence-electron chi connectivity index (χ4n) is 4.55. The summed E-state index contributed by atoms with van der Waals surface area (Å²) in [5, 5.41) is 10.9. The van der Waals surface area contributed by atoms with Crippen LogP contribution in [0.5, 0.6) is 0 Å². The molecule has 1 fully saturated rings. The number of thiophene rings is 1. The van der Waals surface area contributed by atoms with Crippen molar-refractivity contribution in [1.82, 2.24) is 24.5 Å². The van der Waals surface area contributed by atoms with Gasteiger partial charge in [-0.25, -0.2) is 4.98 Å². The third-order valence-corrected chi connectivity index (χ3v) is 8.14. The second-order valence-corrected chi connectivity index (χ2v) is 9.94. The Morgan fingerprint density at radius 1 is 1.21 bits per heavy atom. The van der Waals surface area contributed by atoms with Crippen molar-refractivity contribution >= 4 is 44.9 Å². The minimum absolute atomic E-state index is 0.202. The van der Waals surface area contributed by atoms with Gasteiger partial charge >= 0.3 is 0 Å². The molecule has 148 valence electrons. The van der Waals surface area contributed by atoms with Crippen LogP contribution in [0.15, 0.2) is 5.16 Å². The highest BCUT2D eigenvalue weighted by Crippen LogP contribution is 2.38. The summed E-state index contributed by atoms with van der Waals surface area (Å²) in [7, 11) is 0. The number of carbonyl (C=O) groups excluding carboxylic acids is 1. The number of amides is 1. The van der Waals surface area contributed by atoms with Gasteiger partial charge in [0.1, 0.15) is 10.7 Å². The van der Waals surface area contributed by atoms with Gasteiger partial charge in [-0.2, -0.15) is 0 Å². The molecule has 3 aromatic rings. The Kier molecular flexibility index (Phi) is 4.79. The van der Waals surface area contributed by atoms with Crippen LogP contribution in [0.1, 0.15) is 55.3 Å². The van der Waals surface area contributed by atoms with E-state index in [1.165, 1.54) is 46.9 Å². The van der Waals surface area contributed by atoms with Crippen LogP contribution in [0.2, 0.25) is 0 Å². The second kappa shape index (κ2) is 7.30. The molecule has 1 atom stereocenters. The largest absolute Gasteiger partial charge is 0.339 e. The molecule has 1 amide bonds. The zero-order chi connectivity index (χ0) is 19.3. The molecule has 0 spiro atoms. The topological polar surface area (TPSA) is 63.4 Å². The third-order valence-electron chi connectivity index (χ3n) is 6.04. The van der Waals surface area contributed by atoms with Crippen LogP contribution < -0.4 is 0 Å². The van der Waals surface area contributed by atoms with Crippen molar-refractivity contribution in [2.45, 2.75) is 70.0 Å². The van der Waals surface area contributed by atoms with E-state index in [2.05, 4.69) is 17.1 Å². The Bertz CT molecular complexity index is 1060. The van der Waals surface area contributed by atoms with Gasteiger partial charge in [0.05, 0.1) is 11.1 Å². The van der Waals surface area contributed by atoms with E-state index in [9.17, 15) is 4.79 Å². The molecule has 0 aromatic carbocycles. The zero-order valence-corrected chi connectivity index (χ0v) is 18.0. The lowest BCUT2D eigenvalue weighted by atomic mass is 9.97. The molecule has 0 bridgehead atoms. The fraction of sp³-hybridized carbons (Fsp3) is 0.600. The maximum absolute atomic E-state index is 12.7. The van der Waals surface area contributed by atoms with Crippen molar-refractivity contribution in [3.8, 4) is 0 Å². The first-order valence-electron chi connectivity index (χ1n) is 10.2. The summed E-state index contributed by atoms with van der Waals surface area (Å²) >= 11 is 3.30. The molecule has 28 heavy (non-hydrogen) atoms. The van der Waals surface area contributed by atoms with Gasteiger partial charge in [-0.15, -0.1) is 21.5 Å². The average Bonchev–Trinajstić information content (AvgIpc) is 3.27. The Hall–Kier alpha value is -1.67. The highest BCUT2D eigenvalue weighted by atomic mass is 32.2.